The Morgan fingerprint density at radius 2 is 2.00 bits per heavy atom. The van der Waals surface area contributed by atoms with Gasteiger partial charge >= 0.3 is 0 Å². The molecule has 0 radical (unpaired) electrons. The predicted octanol–water partition coefficient (Wildman–Crippen LogP) is 2.69. The molecule has 2 N–H and O–H groups in total. The van der Waals surface area contributed by atoms with Crippen LogP contribution in [0.3, 0.4) is 0 Å². The van der Waals surface area contributed by atoms with Crippen LogP contribution in [0.15, 0.2) is 24.3 Å². The van der Waals surface area contributed by atoms with E-state index in [1.807, 2.05) is 12.1 Å². The van der Waals surface area contributed by atoms with E-state index in [-0.39, 0.29) is 5.54 Å². The molecule has 2 atom stereocenters. The molecule has 1 rings (SSSR count). The molecule has 0 spiro atoms. The molecule has 0 aliphatic rings. The zero-order valence-corrected chi connectivity index (χ0v) is 12.9. The number of rotatable bonds is 7. The molecule has 0 aliphatic carbocycles. The van der Waals surface area contributed by atoms with Gasteiger partial charge in [0.2, 0.25) is 0 Å². The van der Waals surface area contributed by atoms with Gasteiger partial charge in [-0.1, -0.05) is 25.1 Å². The van der Waals surface area contributed by atoms with Gasteiger partial charge < -0.3 is 15.4 Å². The Bertz CT molecular complexity index is 390. The van der Waals surface area contributed by atoms with Crippen LogP contribution >= 0.6 is 0 Å². The second-order valence-corrected chi connectivity index (χ2v) is 5.79. The highest BCUT2D eigenvalue weighted by Gasteiger charge is 2.21. The molecule has 0 heterocycles. The Morgan fingerprint density at radius 3 is 2.58 bits per heavy atom. The molecule has 1 aromatic carbocycles. The number of likely N-dealkylation sites (N-methyl/N-ethyl adjacent to an activating group) is 1. The number of benzene rings is 1. The van der Waals surface area contributed by atoms with Crippen LogP contribution in [-0.2, 0) is 6.42 Å². The normalized spacial score (nSPS) is 16.2. The second-order valence-electron chi connectivity index (χ2n) is 5.79. The summed E-state index contributed by atoms with van der Waals surface area (Å²) in [5.41, 5.74) is 7.37. The lowest BCUT2D eigenvalue weighted by molar-refractivity contribution is 0.200. The van der Waals surface area contributed by atoms with Crippen molar-refractivity contribution in [2.45, 2.75) is 45.2 Å². The van der Waals surface area contributed by atoms with Crippen LogP contribution in [0.1, 0.15) is 32.8 Å². The van der Waals surface area contributed by atoms with Crippen LogP contribution in [0, 0.1) is 0 Å². The smallest absolute Gasteiger partial charge is 0.122 e. The van der Waals surface area contributed by atoms with Gasteiger partial charge in [-0.2, -0.15) is 0 Å². The van der Waals surface area contributed by atoms with E-state index < -0.39 is 0 Å². The van der Waals surface area contributed by atoms with Gasteiger partial charge in [0.05, 0.1) is 7.11 Å². The van der Waals surface area contributed by atoms with Crippen molar-refractivity contribution in [1.82, 2.24) is 4.90 Å². The first kappa shape index (κ1) is 16.0. The summed E-state index contributed by atoms with van der Waals surface area (Å²) < 4.78 is 5.40. The fraction of sp³-hybridized carbons (Fsp3) is 0.625. The Balaban J connectivity index is 2.66. The molecule has 3 nitrogen and oxygen atoms in total. The molecule has 2 unspecified atom stereocenters. The molecular weight excluding hydrogens is 236 g/mol. The lowest BCUT2D eigenvalue weighted by atomic mass is 9.98. The molecule has 19 heavy (non-hydrogen) atoms. The highest BCUT2D eigenvalue weighted by molar-refractivity contribution is 5.33. The SMILES string of the molecule is CCC(C)(N)CN(C)C(C)Cc1ccccc1OC. The molecule has 0 aliphatic heterocycles. The molecule has 0 amide bonds. The van der Waals surface area contributed by atoms with Crippen LogP contribution in [0.4, 0.5) is 0 Å². The summed E-state index contributed by atoms with van der Waals surface area (Å²) in [6.45, 7) is 7.38. The highest BCUT2D eigenvalue weighted by atomic mass is 16.5. The average molecular weight is 264 g/mol. The third-order valence-electron chi connectivity index (χ3n) is 3.88. The van der Waals surface area contributed by atoms with Crippen LogP contribution in [-0.4, -0.2) is 37.2 Å². The fourth-order valence-electron chi connectivity index (χ4n) is 2.18. The molecule has 1 aromatic rings. The number of hydrogen-bond acceptors (Lipinski definition) is 3. The number of nitrogens with two attached hydrogens (primary N) is 1. The van der Waals surface area contributed by atoms with Crippen LogP contribution in [0.25, 0.3) is 0 Å². The Kier molecular flexibility index (Phi) is 5.83. The summed E-state index contributed by atoms with van der Waals surface area (Å²) in [5, 5.41) is 0. The van der Waals surface area contributed by atoms with Crippen molar-refractivity contribution < 1.29 is 4.74 Å². The van der Waals surface area contributed by atoms with Crippen molar-refractivity contribution >= 4 is 0 Å². The molecule has 108 valence electrons. The monoisotopic (exact) mass is 264 g/mol. The molecule has 0 bridgehead atoms. The molecule has 0 saturated heterocycles. The Labute approximate surface area is 117 Å². The Hall–Kier alpha value is -1.06. The van der Waals surface area contributed by atoms with E-state index in [1.165, 1.54) is 5.56 Å². The van der Waals surface area contributed by atoms with E-state index in [0.29, 0.717) is 6.04 Å². The van der Waals surface area contributed by atoms with E-state index >= 15 is 0 Å². The minimum Gasteiger partial charge on any atom is -0.496 e. The lowest BCUT2D eigenvalue weighted by Crippen LogP contribution is -2.48. The first-order valence-electron chi connectivity index (χ1n) is 7.00. The van der Waals surface area contributed by atoms with Gasteiger partial charge in [0.1, 0.15) is 5.75 Å². The highest BCUT2D eigenvalue weighted by Crippen LogP contribution is 2.20. The third kappa shape index (κ3) is 4.84. The van der Waals surface area contributed by atoms with Crippen LogP contribution < -0.4 is 10.5 Å². The summed E-state index contributed by atoms with van der Waals surface area (Å²) >= 11 is 0. The summed E-state index contributed by atoms with van der Waals surface area (Å²) in [7, 11) is 3.86. The van der Waals surface area contributed by atoms with Crippen molar-refractivity contribution in [1.29, 1.82) is 0 Å². The Morgan fingerprint density at radius 1 is 1.37 bits per heavy atom. The van der Waals surface area contributed by atoms with Crippen LogP contribution in [0.5, 0.6) is 5.75 Å². The molecule has 0 saturated carbocycles. The second kappa shape index (κ2) is 6.92. The van der Waals surface area contributed by atoms with Gasteiger partial charge in [-0.05, 0) is 45.4 Å². The maximum atomic E-state index is 6.24. The number of ether oxygens (including phenoxy) is 1. The van der Waals surface area contributed by atoms with E-state index in [1.54, 1.807) is 7.11 Å². The first-order valence-corrected chi connectivity index (χ1v) is 7.00. The quantitative estimate of drug-likeness (QED) is 0.823. The van der Waals surface area contributed by atoms with Crippen molar-refractivity contribution in [2.24, 2.45) is 5.73 Å². The number of methoxy groups -OCH3 is 1. The molecular formula is C16H28N2O. The van der Waals surface area contributed by atoms with Gasteiger partial charge in [-0.3, -0.25) is 0 Å². The van der Waals surface area contributed by atoms with Crippen molar-refractivity contribution in [3.63, 3.8) is 0 Å². The fourth-order valence-corrected chi connectivity index (χ4v) is 2.18. The summed E-state index contributed by atoms with van der Waals surface area (Å²) in [5.74, 6) is 0.966. The van der Waals surface area contributed by atoms with E-state index in [9.17, 15) is 0 Å². The van der Waals surface area contributed by atoms with Crippen molar-refractivity contribution in [3.05, 3.63) is 29.8 Å². The van der Waals surface area contributed by atoms with Gasteiger partial charge in [0.15, 0.2) is 0 Å². The van der Waals surface area contributed by atoms with Gasteiger partial charge in [-0.15, -0.1) is 0 Å². The zero-order valence-electron chi connectivity index (χ0n) is 12.9. The number of hydrogen-bond donors (Lipinski definition) is 1. The summed E-state index contributed by atoms with van der Waals surface area (Å²) in [4.78, 5) is 2.33. The largest absolute Gasteiger partial charge is 0.496 e. The van der Waals surface area contributed by atoms with Crippen LogP contribution in [0.2, 0.25) is 0 Å². The topological polar surface area (TPSA) is 38.5 Å². The van der Waals surface area contributed by atoms with Crippen molar-refractivity contribution in [2.75, 3.05) is 20.7 Å². The number of para-hydroxylation sites is 1. The van der Waals surface area contributed by atoms with Gasteiger partial charge in [-0.25, -0.2) is 0 Å². The predicted molar refractivity (Wildman–Crippen MR) is 81.7 cm³/mol. The lowest BCUT2D eigenvalue weighted by Gasteiger charge is -2.33. The number of nitrogens with zero attached hydrogens (tertiary/aromatic N) is 1. The molecule has 0 aromatic heterocycles. The molecule has 3 heteroatoms. The minimum absolute atomic E-state index is 0.121. The third-order valence-corrected chi connectivity index (χ3v) is 3.88. The minimum atomic E-state index is -0.121. The standard InChI is InChI=1S/C16H28N2O/c1-6-16(3,17)12-18(4)13(2)11-14-9-7-8-10-15(14)19-5/h7-10,13H,6,11-12,17H2,1-5H3. The van der Waals surface area contributed by atoms with Gasteiger partial charge in [0.25, 0.3) is 0 Å². The van der Waals surface area contributed by atoms with E-state index in [0.717, 1.165) is 25.1 Å². The van der Waals surface area contributed by atoms with E-state index in [4.69, 9.17) is 10.5 Å². The first-order chi connectivity index (χ1) is 8.89. The zero-order chi connectivity index (χ0) is 14.5. The molecule has 0 fully saturated rings. The maximum absolute atomic E-state index is 6.24. The summed E-state index contributed by atoms with van der Waals surface area (Å²) in [6, 6.07) is 8.64. The van der Waals surface area contributed by atoms with Gasteiger partial charge in [0, 0.05) is 18.1 Å². The van der Waals surface area contributed by atoms with Crippen molar-refractivity contribution in [3.8, 4) is 5.75 Å². The average Bonchev–Trinajstić information content (AvgIpc) is 2.38. The maximum Gasteiger partial charge on any atom is 0.122 e. The van der Waals surface area contributed by atoms with E-state index in [2.05, 4.69) is 44.9 Å². The summed E-state index contributed by atoms with van der Waals surface area (Å²) in [6.07, 6.45) is 1.96.